The number of aliphatic hydroxyl groups excluding tert-OH is 1. The first-order chi connectivity index (χ1) is 22.2. The van der Waals surface area contributed by atoms with Crippen molar-refractivity contribution in [2.24, 2.45) is 5.41 Å². The number of alkyl halides is 1. The van der Waals surface area contributed by atoms with Crippen molar-refractivity contribution in [1.29, 1.82) is 0 Å². The van der Waals surface area contributed by atoms with E-state index in [1.165, 1.54) is 16.2 Å². The topological polar surface area (TPSA) is 138 Å². The van der Waals surface area contributed by atoms with Crippen LogP contribution in [0.15, 0.2) is 60.1 Å². The Labute approximate surface area is 277 Å². The third-order valence-electron chi connectivity index (χ3n) is 8.60. The molecular weight excluding hydrogens is 623 g/mol. The van der Waals surface area contributed by atoms with E-state index in [0.717, 1.165) is 21.7 Å². The molecule has 250 valence electrons. The Morgan fingerprint density at radius 1 is 1.09 bits per heavy atom. The van der Waals surface area contributed by atoms with E-state index in [-0.39, 0.29) is 38.8 Å². The zero-order chi connectivity index (χ0) is 33.9. The minimum absolute atomic E-state index is 0.0375. The summed E-state index contributed by atoms with van der Waals surface area (Å²) in [6.45, 7) is 7.08. The second-order valence-electron chi connectivity index (χ2n) is 13.4. The van der Waals surface area contributed by atoms with Crippen LogP contribution in [0, 0.1) is 12.3 Å². The Hall–Kier alpha value is -4.16. The third-order valence-corrected chi connectivity index (χ3v) is 9.58. The highest BCUT2D eigenvalue weighted by molar-refractivity contribution is 7.13. The molecule has 1 aliphatic carbocycles. The number of likely N-dealkylation sites (tertiary alicyclic amines) is 1. The monoisotopic (exact) mass is 664 g/mol. The summed E-state index contributed by atoms with van der Waals surface area (Å²) >= 11 is 1.51. The van der Waals surface area contributed by atoms with Crippen molar-refractivity contribution in [3.63, 3.8) is 0 Å². The van der Waals surface area contributed by atoms with E-state index in [0.29, 0.717) is 5.56 Å². The van der Waals surface area contributed by atoms with Gasteiger partial charge in [0.15, 0.2) is 5.67 Å². The van der Waals surface area contributed by atoms with E-state index >= 15 is 0 Å². The van der Waals surface area contributed by atoms with Gasteiger partial charge in [-0.3, -0.25) is 19.2 Å². The van der Waals surface area contributed by atoms with Gasteiger partial charge < -0.3 is 25.4 Å². The van der Waals surface area contributed by atoms with Gasteiger partial charge in [-0.1, -0.05) is 75.4 Å². The maximum Gasteiger partial charge on any atom is 0.308 e. The quantitative estimate of drug-likeness (QED) is 0.259. The SMILES string of the molecule is Cc1ncsc1-c1ccc([C@H](CC(=O)OCc2ccccc2)NC(=O)[C@@H]2C[C@@H](O)CN2C(=O)[C@@H](NC(=O)C2(F)CC2)C(C)(C)C)cc1. The van der Waals surface area contributed by atoms with Gasteiger partial charge in [-0.15, -0.1) is 11.3 Å². The minimum atomic E-state index is -1.98. The van der Waals surface area contributed by atoms with Crippen molar-refractivity contribution < 1.29 is 33.4 Å². The highest BCUT2D eigenvalue weighted by atomic mass is 32.1. The Balaban J connectivity index is 1.35. The molecule has 2 heterocycles. The summed E-state index contributed by atoms with van der Waals surface area (Å²) in [6, 6.07) is 13.7. The number of esters is 1. The summed E-state index contributed by atoms with van der Waals surface area (Å²) in [5.74, 6) is -2.54. The maximum atomic E-state index is 14.6. The lowest BCUT2D eigenvalue weighted by molar-refractivity contribution is -0.147. The number of rotatable bonds is 11. The molecule has 3 N–H and O–H groups in total. The molecule has 0 spiro atoms. The van der Waals surface area contributed by atoms with Crippen LogP contribution in [-0.4, -0.2) is 69.1 Å². The van der Waals surface area contributed by atoms with Crippen LogP contribution in [0.5, 0.6) is 0 Å². The van der Waals surface area contributed by atoms with Crippen molar-refractivity contribution in [3.05, 3.63) is 76.9 Å². The van der Waals surface area contributed by atoms with Gasteiger partial charge in [0.1, 0.15) is 18.7 Å². The van der Waals surface area contributed by atoms with E-state index in [9.17, 15) is 28.7 Å². The van der Waals surface area contributed by atoms with Crippen LogP contribution >= 0.6 is 11.3 Å². The molecule has 12 heteroatoms. The maximum absolute atomic E-state index is 14.6. The summed E-state index contributed by atoms with van der Waals surface area (Å²) in [5.41, 5.74) is 2.28. The summed E-state index contributed by atoms with van der Waals surface area (Å²) in [7, 11) is 0. The molecule has 1 saturated carbocycles. The first-order valence-electron chi connectivity index (χ1n) is 15.7. The molecule has 1 aromatic heterocycles. The van der Waals surface area contributed by atoms with Gasteiger partial charge in [0.05, 0.1) is 34.6 Å². The Morgan fingerprint density at radius 2 is 1.77 bits per heavy atom. The average molecular weight is 665 g/mol. The number of thiazole rings is 1. The third kappa shape index (κ3) is 8.23. The normalized spacial score (nSPS) is 19.8. The van der Waals surface area contributed by atoms with Crippen molar-refractivity contribution in [2.75, 3.05) is 6.54 Å². The number of halogens is 1. The largest absolute Gasteiger partial charge is 0.461 e. The van der Waals surface area contributed by atoms with Crippen molar-refractivity contribution >= 4 is 35.0 Å². The molecule has 4 atom stereocenters. The molecule has 3 amide bonds. The van der Waals surface area contributed by atoms with Gasteiger partial charge in [-0.05, 0) is 41.9 Å². The first-order valence-corrected chi connectivity index (χ1v) is 16.6. The Bertz CT molecular complexity index is 1600. The molecule has 10 nitrogen and oxygen atoms in total. The molecule has 0 unspecified atom stereocenters. The predicted octanol–water partition coefficient (Wildman–Crippen LogP) is 4.40. The second kappa shape index (κ2) is 13.9. The van der Waals surface area contributed by atoms with Crippen molar-refractivity contribution in [1.82, 2.24) is 20.5 Å². The van der Waals surface area contributed by atoms with Gasteiger partial charge in [0.2, 0.25) is 11.8 Å². The summed E-state index contributed by atoms with van der Waals surface area (Å²) in [5, 5.41) is 16.1. The molecule has 5 rings (SSSR count). The highest BCUT2D eigenvalue weighted by Crippen LogP contribution is 2.40. The zero-order valence-electron chi connectivity index (χ0n) is 27.0. The molecular formula is C35H41FN4O6S. The highest BCUT2D eigenvalue weighted by Gasteiger charge is 2.53. The smallest absolute Gasteiger partial charge is 0.308 e. The van der Waals surface area contributed by atoms with Crippen LogP contribution in [-0.2, 0) is 30.5 Å². The van der Waals surface area contributed by atoms with Crippen molar-refractivity contribution in [3.8, 4) is 10.4 Å². The zero-order valence-corrected chi connectivity index (χ0v) is 27.8. The van der Waals surface area contributed by atoms with E-state index in [2.05, 4.69) is 15.6 Å². The molecule has 1 aliphatic heterocycles. The first kappa shape index (κ1) is 34.2. The van der Waals surface area contributed by atoms with Crippen LogP contribution in [0.3, 0.4) is 0 Å². The Morgan fingerprint density at radius 3 is 2.36 bits per heavy atom. The van der Waals surface area contributed by atoms with Crippen molar-refractivity contribution in [2.45, 2.75) is 89.9 Å². The summed E-state index contributed by atoms with van der Waals surface area (Å²) in [4.78, 5) is 60.0. The fraction of sp³-hybridized carbons (Fsp3) is 0.457. The van der Waals surface area contributed by atoms with Crippen LogP contribution in [0.1, 0.15) is 69.3 Å². The molecule has 0 radical (unpaired) electrons. The lowest BCUT2D eigenvalue weighted by Crippen LogP contribution is -2.59. The average Bonchev–Trinajstić information content (AvgIpc) is 3.44. The standard InChI is InChI=1S/C35H41FN4O6S/c1-21-29(47-20-37-21)24-12-10-23(11-13-24)26(17-28(42)46-19-22-8-6-5-7-9-22)38-31(43)27-16-25(41)18-40(27)32(44)30(34(2,3)4)39-33(45)35(36)14-15-35/h5-13,20,25-27,30,41H,14-19H2,1-4H3,(H,38,43)(H,39,45)/t25-,26+,27+,30-/m1/s1. The number of aryl methyl sites for hydroxylation is 1. The molecule has 2 aromatic carbocycles. The lowest BCUT2D eigenvalue weighted by Gasteiger charge is -2.36. The molecule has 2 aliphatic rings. The van der Waals surface area contributed by atoms with Crippen LogP contribution in [0.4, 0.5) is 4.39 Å². The number of hydrogen-bond acceptors (Lipinski definition) is 8. The number of nitrogens with one attached hydrogen (secondary N) is 2. The second-order valence-corrected chi connectivity index (χ2v) is 14.3. The number of amides is 3. The number of aromatic nitrogens is 1. The summed E-state index contributed by atoms with van der Waals surface area (Å²) in [6.07, 6.45) is -1.02. The number of benzene rings is 2. The molecule has 0 bridgehead atoms. The number of hydrogen-bond donors (Lipinski definition) is 3. The van der Waals surface area contributed by atoms with E-state index in [4.69, 9.17) is 4.74 Å². The van der Waals surface area contributed by atoms with Crippen LogP contribution in [0.25, 0.3) is 10.4 Å². The van der Waals surface area contributed by atoms with E-state index < -0.39 is 59.0 Å². The van der Waals surface area contributed by atoms with E-state index in [1.807, 2.05) is 61.5 Å². The Kier molecular flexibility index (Phi) is 10.1. The number of carbonyl (C=O) groups is 4. The number of ether oxygens (including phenoxy) is 1. The van der Waals surface area contributed by atoms with Crippen LogP contribution < -0.4 is 10.6 Å². The minimum Gasteiger partial charge on any atom is -0.461 e. The predicted molar refractivity (Wildman–Crippen MR) is 175 cm³/mol. The number of aliphatic hydroxyl groups is 1. The van der Waals surface area contributed by atoms with Gasteiger partial charge >= 0.3 is 5.97 Å². The fourth-order valence-corrected chi connectivity index (χ4v) is 6.46. The van der Waals surface area contributed by atoms with Gasteiger partial charge in [0, 0.05) is 13.0 Å². The van der Waals surface area contributed by atoms with Gasteiger partial charge in [-0.2, -0.15) is 0 Å². The molecule has 3 aromatic rings. The lowest BCUT2D eigenvalue weighted by atomic mass is 9.85. The van der Waals surface area contributed by atoms with Crippen LogP contribution in [0.2, 0.25) is 0 Å². The number of carbonyl (C=O) groups excluding carboxylic acids is 4. The summed E-state index contributed by atoms with van der Waals surface area (Å²) < 4.78 is 20.1. The molecule has 47 heavy (non-hydrogen) atoms. The van der Waals surface area contributed by atoms with Gasteiger partial charge in [-0.25, -0.2) is 9.37 Å². The molecule has 1 saturated heterocycles. The fourth-order valence-electron chi connectivity index (χ4n) is 5.65. The molecule has 2 fully saturated rings. The number of nitrogens with zero attached hydrogens (tertiary/aromatic N) is 2. The van der Waals surface area contributed by atoms with E-state index in [1.54, 1.807) is 26.3 Å². The van der Waals surface area contributed by atoms with Gasteiger partial charge in [0.25, 0.3) is 5.91 Å². The number of β-amino-alcohol motifs (C(OH)–C–C–N with tert-alkyl or cyclic N) is 1.